The topological polar surface area (TPSA) is 72.7 Å². The van der Waals surface area contributed by atoms with Crippen LogP contribution in [-0.2, 0) is 7.05 Å². The number of hydrogen-bond acceptors (Lipinski definition) is 4. The second-order valence-corrected chi connectivity index (χ2v) is 4.53. The maximum Gasteiger partial charge on any atom is 0.260 e. The molecule has 0 saturated carbocycles. The first-order valence-corrected chi connectivity index (χ1v) is 6.23. The van der Waals surface area contributed by atoms with Gasteiger partial charge in [-0.1, -0.05) is 35.9 Å². The molecule has 100 valence electrons. The summed E-state index contributed by atoms with van der Waals surface area (Å²) in [5.41, 5.74) is 0.438. The molecule has 2 aromatic heterocycles. The Kier molecular flexibility index (Phi) is 3.08. The molecule has 0 aliphatic heterocycles. The summed E-state index contributed by atoms with van der Waals surface area (Å²) in [4.78, 5) is 20.3. The highest BCUT2D eigenvalue weighted by Gasteiger charge is 2.14. The Labute approximate surface area is 119 Å². The van der Waals surface area contributed by atoms with E-state index >= 15 is 0 Å². The predicted octanol–water partition coefficient (Wildman–Crippen LogP) is 2.27. The number of halogens is 1. The van der Waals surface area contributed by atoms with Gasteiger partial charge in [-0.2, -0.15) is 10.1 Å². The largest absolute Gasteiger partial charge is 0.291 e. The lowest BCUT2D eigenvalue weighted by molar-refractivity contribution is 0.102. The van der Waals surface area contributed by atoms with Crippen molar-refractivity contribution >= 4 is 34.2 Å². The SMILES string of the molecule is Cn1ncnc1NC(=O)c1cnc(Cl)c2ccccc12. The van der Waals surface area contributed by atoms with Crippen molar-refractivity contribution in [3.05, 3.63) is 47.5 Å². The summed E-state index contributed by atoms with van der Waals surface area (Å²) < 4.78 is 1.48. The number of carbonyl (C=O) groups is 1. The number of benzene rings is 1. The summed E-state index contributed by atoms with van der Waals surface area (Å²) in [6.45, 7) is 0. The summed E-state index contributed by atoms with van der Waals surface area (Å²) in [5, 5.41) is 8.43. The van der Waals surface area contributed by atoms with Gasteiger partial charge in [0.2, 0.25) is 5.95 Å². The molecule has 0 saturated heterocycles. The molecule has 0 spiro atoms. The first kappa shape index (κ1) is 12.6. The molecule has 1 N–H and O–H groups in total. The van der Waals surface area contributed by atoms with Crippen LogP contribution in [0, 0.1) is 0 Å². The molecular formula is C13H10ClN5O. The fraction of sp³-hybridized carbons (Fsp3) is 0.0769. The molecule has 0 aliphatic rings. The molecule has 0 unspecified atom stereocenters. The average molecular weight is 288 g/mol. The van der Waals surface area contributed by atoms with Crippen LogP contribution in [0.4, 0.5) is 5.95 Å². The van der Waals surface area contributed by atoms with Crippen LogP contribution in [-0.4, -0.2) is 25.7 Å². The van der Waals surface area contributed by atoms with Crippen molar-refractivity contribution < 1.29 is 4.79 Å². The van der Waals surface area contributed by atoms with E-state index in [0.29, 0.717) is 16.7 Å². The molecule has 6 nitrogen and oxygen atoms in total. The van der Waals surface area contributed by atoms with Gasteiger partial charge in [-0.05, 0) is 5.39 Å². The lowest BCUT2D eigenvalue weighted by Crippen LogP contribution is -2.16. The summed E-state index contributed by atoms with van der Waals surface area (Å²) in [7, 11) is 1.70. The Balaban J connectivity index is 2.04. The molecule has 2 heterocycles. The number of nitrogens with one attached hydrogen (secondary N) is 1. The van der Waals surface area contributed by atoms with E-state index in [0.717, 1.165) is 10.8 Å². The number of aromatic nitrogens is 4. The molecule has 0 bridgehead atoms. The van der Waals surface area contributed by atoms with Crippen LogP contribution < -0.4 is 5.32 Å². The van der Waals surface area contributed by atoms with Gasteiger partial charge >= 0.3 is 0 Å². The number of nitrogens with zero attached hydrogens (tertiary/aromatic N) is 4. The lowest BCUT2D eigenvalue weighted by Gasteiger charge is -2.07. The quantitative estimate of drug-likeness (QED) is 0.734. The van der Waals surface area contributed by atoms with Crippen LogP contribution in [0.25, 0.3) is 10.8 Å². The Morgan fingerprint density at radius 2 is 2.00 bits per heavy atom. The third kappa shape index (κ3) is 2.10. The summed E-state index contributed by atoms with van der Waals surface area (Å²) >= 11 is 6.03. The number of amides is 1. The van der Waals surface area contributed by atoms with E-state index in [2.05, 4.69) is 20.4 Å². The molecule has 7 heteroatoms. The first-order chi connectivity index (χ1) is 9.66. The Morgan fingerprint density at radius 3 is 2.70 bits per heavy atom. The zero-order valence-corrected chi connectivity index (χ0v) is 11.3. The maximum absolute atomic E-state index is 12.3. The van der Waals surface area contributed by atoms with Gasteiger partial charge in [0.1, 0.15) is 11.5 Å². The molecule has 0 aliphatic carbocycles. The van der Waals surface area contributed by atoms with Gasteiger partial charge < -0.3 is 0 Å². The molecule has 1 aromatic carbocycles. The molecule has 20 heavy (non-hydrogen) atoms. The molecule has 1 amide bonds. The fourth-order valence-corrected chi connectivity index (χ4v) is 2.13. The minimum absolute atomic E-state index is 0.304. The molecule has 0 atom stereocenters. The summed E-state index contributed by atoms with van der Waals surface area (Å²) in [6, 6.07) is 7.34. The van der Waals surface area contributed by atoms with Gasteiger partial charge in [0.05, 0.1) is 5.56 Å². The Bertz CT molecular complexity index is 798. The van der Waals surface area contributed by atoms with Crippen molar-refractivity contribution in [1.29, 1.82) is 0 Å². The van der Waals surface area contributed by atoms with Crippen molar-refractivity contribution in [2.75, 3.05) is 5.32 Å². The zero-order chi connectivity index (χ0) is 14.1. The van der Waals surface area contributed by atoms with E-state index in [4.69, 9.17) is 11.6 Å². The van der Waals surface area contributed by atoms with Gasteiger partial charge in [0, 0.05) is 18.6 Å². The van der Waals surface area contributed by atoms with Crippen molar-refractivity contribution in [3.63, 3.8) is 0 Å². The van der Waals surface area contributed by atoms with Crippen molar-refractivity contribution in [2.45, 2.75) is 0 Å². The maximum atomic E-state index is 12.3. The van der Waals surface area contributed by atoms with E-state index in [9.17, 15) is 4.79 Å². The highest BCUT2D eigenvalue weighted by molar-refractivity contribution is 6.35. The van der Waals surface area contributed by atoms with E-state index in [1.807, 2.05) is 24.3 Å². The van der Waals surface area contributed by atoms with Crippen LogP contribution in [0.5, 0.6) is 0 Å². The minimum Gasteiger partial charge on any atom is -0.291 e. The van der Waals surface area contributed by atoms with Crippen LogP contribution in [0.2, 0.25) is 5.15 Å². The molecule has 3 rings (SSSR count). The van der Waals surface area contributed by atoms with Gasteiger partial charge in [-0.15, -0.1) is 0 Å². The first-order valence-electron chi connectivity index (χ1n) is 5.85. The van der Waals surface area contributed by atoms with E-state index in [-0.39, 0.29) is 5.91 Å². The van der Waals surface area contributed by atoms with Crippen LogP contribution >= 0.6 is 11.6 Å². The molecule has 3 aromatic rings. The van der Waals surface area contributed by atoms with E-state index < -0.39 is 0 Å². The fourth-order valence-electron chi connectivity index (χ4n) is 1.92. The summed E-state index contributed by atoms with van der Waals surface area (Å²) in [5.74, 6) is 0.0653. The van der Waals surface area contributed by atoms with Crippen molar-refractivity contribution in [3.8, 4) is 0 Å². The molecular weight excluding hydrogens is 278 g/mol. The predicted molar refractivity (Wildman–Crippen MR) is 75.7 cm³/mol. The zero-order valence-electron chi connectivity index (χ0n) is 10.5. The van der Waals surface area contributed by atoms with E-state index in [1.165, 1.54) is 17.2 Å². The van der Waals surface area contributed by atoms with Gasteiger partial charge in [0.15, 0.2) is 0 Å². The second-order valence-electron chi connectivity index (χ2n) is 4.17. The Morgan fingerprint density at radius 1 is 1.25 bits per heavy atom. The van der Waals surface area contributed by atoms with Crippen LogP contribution in [0.1, 0.15) is 10.4 Å². The minimum atomic E-state index is -0.304. The number of carbonyl (C=O) groups excluding carboxylic acids is 1. The smallest absolute Gasteiger partial charge is 0.260 e. The third-order valence-electron chi connectivity index (χ3n) is 2.93. The number of pyridine rings is 1. The number of fused-ring (bicyclic) bond motifs is 1. The highest BCUT2D eigenvalue weighted by atomic mass is 35.5. The van der Waals surface area contributed by atoms with E-state index in [1.54, 1.807) is 7.05 Å². The number of rotatable bonds is 2. The van der Waals surface area contributed by atoms with Crippen LogP contribution in [0.15, 0.2) is 36.8 Å². The van der Waals surface area contributed by atoms with Gasteiger partial charge in [-0.25, -0.2) is 9.67 Å². The van der Waals surface area contributed by atoms with Crippen molar-refractivity contribution in [2.24, 2.45) is 7.05 Å². The normalized spacial score (nSPS) is 10.7. The van der Waals surface area contributed by atoms with Crippen LogP contribution in [0.3, 0.4) is 0 Å². The molecule has 0 radical (unpaired) electrons. The van der Waals surface area contributed by atoms with Gasteiger partial charge in [-0.3, -0.25) is 10.1 Å². The summed E-state index contributed by atoms with van der Waals surface area (Å²) in [6.07, 6.45) is 2.82. The number of hydrogen-bond donors (Lipinski definition) is 1. The Hall–Kier alpha value is -2.47. The number of anilines is 1. The standard InChI is InChI=1S/C13H10ClN5O/c1-19-13(16-7-17-19)18-12(20)10-6-15-11(14)9-5-3-2-4-8(9)10/h2-7H,1H3,(H,16,17,18,20). The second kappa shape index (κ2) is 4.90. The molecule has 0 fully saturated rings. The average Bonchev–Trinajstić information content (AvgIpc) is 2.85. The third-order valence-corrected chi connectivity index (χ3v) is 3.23. The highest BCUT2D eigenvalue weighted by Crippen LogP contribution is 2.24. The monoisotopic (exact) mass is 287 g/mol. The van der Waals surface area contributed by atoms with Crippen molar-refractivity contribution in [1.82, 2.24) is 19.7 Å². The number of aryl methyl sites for hydroxylation is 1. The lowest BCUT2D eigenvalue weighted by atomic mass is 10.1. The van der Waals surface area contributed by atoms with Gasteiger partial charge in [0.25, 0.3) is 5.91 Å².